The highest BCUT2D eigenvalue weighted by Crippen LogP contribution is 2.16. The van der Waals surface area contributed by atoms with Crippen molar-refractivity contribution in [3.8, 4) is 0 Å². The summed E-state index contributed by atoms with van der Waals surface area (Å²) in [6.45, 7) is 4.60. The average Bonchev–Trinajstić information content (AvgIpc) is 2.77. The minimum absolute atomic E-state index is 0.716. The van der Waals surface area contributed by atoms with Crippen molar-refractivity contribution in [2.24, 2.45) is 0 Å². The van der Waals surface area contributed by atoms with E-state index in [1.165, 1.54) is 5.69 Å². The zero-order chi connectivity index (χ0) is 12.1. The molecule has 0 aliphatic heterocycles. The smallest absolute Gasteiger partial charge is 0.0677 e. The first-order valence-corrected chi connectivity index (χ1v) is 6.14. The van der Waals surface area contributed by atoms with Gasteiger partial charge >= 0.3 is 0 Å². The van der Waals surface area contributed by atoms with E-state index in [1.807, 2.05) is 41.2 Å². The Balaban J connectivity index is 2.13. The minimum Gasteiger partial charge on any atom is -0.311 e. The fourth-order valence-corrected chi connectivity index (χ4v) is 1.89. The van der Waals surface area contributed by atoms with Crippen LogP contribution in [0.15, 0.2) is 36.5 Å². The van der Waals surface area contributed by atoms with E-state index in [0.717, 1.165) is 23.7 Å². The first-order chi connectivity index (χ1) is 8.31. The van der Waals surface area contributed by atoms with Crippen molar-refractivity contribution >= 4 is 11.6 Å². The van der Waals surface area contributed by atoms with E-state index in [4.69, 9.17) is 11.6 Å². The quantitative estimate of drug-likeness (QED) is 0.883. The van der Waals surface area contributed by atoms with Crippen molar-refractivity contribution < 1.29 is 0 Å². The number of nitrogens with zero attached hydrogens (tertiary/aromatic N) is 2. The van der Waals surface area contributed by atoms with Gasteiger partial charge in [-0.05, 0) is 24.2 Å². The lowest BCUT2D eigenvalue weighted by Gasteiger charge is -2.09. The first-order valence-electron chi connectivity index (χ1n) is 5.76. The Bertz CT molecular complexity index is 479. The van der Waals surface area contributed by atoms with E-state index in [0.29, 0.717) is 6.54 Å². The number of aromatic nitrogens is 2. The molecule has 0 aliphatic rings. The largest absolute Gasteiger partial charge is 0.311 e. The van der Waals surface area contributed by atoms with Gasteiger partial charge in [-0.2, -0.15) is 5.10 Å². The number of halogens is 1. The molecule has 1 heterocycles. The van der Waals surface area contributed by atoms with E-state index in [2.05, 4.69) is 17.3 Å². The summed E-state index contributed by atoms with van der Waals surface area (Å²) in [7, 11) is 0. The fourth-order valence-electron chi connectivity index (χ4n) is 1.69. The molecule has 0 atom stereocenters. The van der Waals surface area contributed by atoms with Gasteiger partial charge < -0.3 is 5.32 Å². The third-order valence-corrected chi connectivity index (χ3v) is 3.01. The predicted molar refractivity (Wildman–Crippen MR) is 70.2 cm³/mol. The van der Waals surface area contributed by atoms with Gasteiger partial charge in [0.2, 0.25) is 0 Å². The highest BCUT2D eigenvalue weighted by atomic mass is 35.5. The van der Waals surface area contributed by atoms with Crippen molar-refractivity contribution in [1.82, 2.24) is 15.1 Å². The zero-order valence-corrected chi connectivity index (χ0v) is 10.6. The van der Waals surface area contributed by atoms with Crippen LogP contribution in [0.4, 0.5) is 0 Å². The van der Waals surface area contributed by atoms with Gasteiger partial charge in [-0.15, -0.1) is 0 Å². The highest BCUT2D eigenvalue weighted by molar-refractivity contribution is 6.31. The average molecular weight is 250 g/mol. The lowest BCUT2D eigenvalue weighted by Crippen LogP contribution is -2.16. The standard InChI is InChI=1S/C13H16ClN3/c1-2-15-9-12-7-8-16-17(12)10-11-5-3-4-6-13(11)14/h3-8,15H,2,9-10H2,1H3. The van der Waals surface area contributed by atoms with Crippen LogP contribution in [0.3, 0.4) is 0 Å². The number of hydrogen-bond donors (Lipinski definition) is 1. The molecule has 0 saturated carbocycles. The fraction of sp³-hybridized carbons (Fsp3) is 0.308. The van der Waals surface area contributed by atoms with E-state index in [1.54, 1.807) is 0 Å². The molecule has 1 N–H and O–H groups in total. The Morgan fingerprint density at radius 2 is 2.12 bits per heavy atom. The second-order valence-electron chi connectivity index (χ2n) is 3.85. The molecule has 0 bridgehead atoms. The third kappa shape index (κ3) is 3.08. The minimum atomic E-state index is 0.716. The Kier molecular flexibility index (Phi) is 4.18. The van der Waals surface area contributed by atoms with Crippen LogP contribution in [0.2, 0.25) is 5.02 Å². The summed E-state index contributed by atoms with van der Waals surface area (Å²) in [4.78, 5) is 0. The summed E-state index contributed by atoms with van der Waals surface area (Å²) in [6.07, 6.45) is 1.82. The molecule has 0 unspecified atom stereocenters. The van der Waals surface area contributed by atoms with Crippen LogP contribution in [-0.4, -0.2) is 16.3 Å². The van der Waals surface area contributed by atoms with Crippen LogP contribution in [0.25, 0.3) is 0 Å². The molecule has 3 nitrogen and oxygen atoms in total. The lowest BCUT2D eigenvalue weighted by atomic mass is 10.2. The van der Waals surface area contributed by atoms with E-state index in [-0.39, 0.29) is 0 Å². The Morgan fingerprint density at radius 1 is 1.29 bits per heavy atom. The second-order valence-corrected chi connectivity index (χ2v) is 4.26. The molecule has 4 heteroatoms. The maximum Gasteiger partial charge on any atom is 0.0677 e. The van der Waals surface area contributed by atoms with Gasteiger partial charge in [-0.25, -0.2) is 0 Å². The van der Waals surface area contributed by atoms with Crippen LogP contribution < -0.4 is 5.32 Å². The van der Waals surface area contributed by atoms with Crippen molar-refractivity contribution in [1.29, 1.82) is 0 Å². The molecule has 0 radical (unpaired) electrons. The zero-order valence-electron chi connectivity index (χ0n) is 9.86. The molecule has 90 valence electrons. The summed E-state index contributed by atoms with van der Waals surface area (Å²) in [5, 5.41) is 8.41. The van der Waals surface area contributed by atoms with Crippen molar-refractivity contribution in [3.63, 3.8) is 0 Å². The maximum absolute atomic E-state index is 6.14. The number of rotatable bonds is 5. The topological polar surface area (TPSA) is 29.9 Å². The maximum atomic E-state index is 6.14. The van der Waals surface area contributed by atoms with Crippen molar-refractivity contribution in [3.05, 3.63) is 52.8 Å². The molecule has 0 aliphatic carbocycles. The van der Waals surface area contributed by atoms with Crippen molar-refractivity contribution in [2.45, 2.75) is 20.0 Å². The van der Waals surface area contributed by atoms with Gasteiger partial charge in [0.1, 0.15) is 0 Å². The van der Waals surface area contributed by atoms with E-state index in [9.17, 15) is 0 Å². The molecule has 17 heavy (non-hydrogen) atoms. The van der Waals surface area contributed by atoms with Gasteiger partial charge in [0.25, 0.3) is 0 Å². The Labute approximate surface area is 106 Å². The molecule has 0 fully saturated rings. The number of hydrogen-bond acceptors (Lipinski definition) is 2. The summed E-state index contributed by atoms with van der Waals surface area (Å²) in [5.74, 6) is 0. The highest BCUT2D eigenvalue weighted by Gasteiger charge is 2.05. The van der Waals surface area contributed by atoms with E-state index < -0.39 is 0 Å². The molecule has 2 aromatic rings. The lowest BCUT2D eigenvalue weighted by molar-refractivity contribution is 0.606. The predicted octanol–water partition coefficient (Wildman–Crippen LogP) is 2.69. The summed E-state index contributed by atoms with van der Waals surface area (Å²) < 4.78 is 1.98. The monoisotopic (exact) mass is 249 g/mol. The molecule has 0 spiro atoms. The van der Waals surface area contributed by atoms with Crippen LogP contribution in [-0.2, 0) is 13.1 Å². The molecule has 0 saturated heterocycles. The normalized spacial score (nSPS) is 10.7. The van der Waals surface area contributed by atoms with Gasteiger partial charge in [-0.1, -0.05) is 36.7 Å². The Hall–Kier alpha value is -1.32. The summed E-state index contributed by atoms with van der Waals surface area (Å²) in [6, 6.07) is 9.90. The molecule has 2 rings (SSSR count). The van der Waals surface area contributed by atoms with Gasteiger partial charge in [0.15, 0.2) is 0 Å². The van der Waals surface area contributed by atoms with Gasteiger partial charge in [0, 0.05) is 17.8 Å². The summed E-state index contributed by atoms with van der Waals surface area (Å²) in [5.41, 5.74) is 2.27. The third-order valence-electron chi connectivity index (χ3n) is 2.64. The van der Waals surface area contributed by atoms with Gasteiger partial charge in [-0.3, -0.25) is 4.68 Å². The van der Waals surface area contributed by atoms with E-state index >= 15 is 0 Å². The summed E-state index contributed by atoms with van der Waals surface area (Å²) >= 11 is 6.14. The first kappa shape index (κ1) is 12.1. The molecular formula is C13H16ClN3. The van der Waals surface area contributed by atoms with Gasteiger partial charge in [0.05, 0.1) is 12.2 Å². The van der Waals surface area contributed by atoms with Crippen LogP contribution in [0.1, 0.15) is 18.2 Å². The number of nitrogens with one attached hydrogen (secondary N) is 1. The Morgan fingerprint density at radius 3 is 2.88 bits per heavy atom. The molecule has 1 aromatic carbocycles. The number of benzene rings is 1. The van der Waals surface area contributed by atoms with Crippen LogP contribution >= 0.6 is 11.6 Å². The SMILES string of the molecule is CCNCc1ccnn1Cc1ccccc1Cl. The van der Waals surface area contributed by atoms with Crippen LogP contribution in [0, 0.1) is 0 Å². The molecule has 0 amide bonds. The second kappa shape index (κ2) is 5.84. The van der Waals surface area contributed by atoms with Crippen molar-refractivity contribution in [2.75, 3.05) is 6.54 Å². The molecular weight excluding hydrogens is 234 g/mol. The van der Waals surface area contributed by atoms with Crippen LogP contribution in [0.5, 0.6) is 0 Å². The molecule has 1 aromatic heterocycles.